The molecule has 15 heavy (non-hydrogen) atoms. The third-order valence-electron chi connectivity index (χ3n) is 2.48. The summed E-state index contributed by atoms with van der Waals surface area (Å²) in [5.74, 6) is 0. The molecule has 0 aliphatic rings. The van der Waals surface area contributed by atoms with Gasteiger partial charge >= 0.3 is 0 Å². The lowest BCUT2D eigenvalue weighted by atomic mass is 10.0. The predicted molar refractivity (Wildman–Crippen MR) is 67.4 cm³/mol. The summed E-state index contributed by atoms with van der Waals surface area (Å²) in [4.78, 5) is 0. The fourth-order valence-electron chi connectivity index (χ4n) is 1.90. The normalized spacial score (nSPS) is 11.0. The molecule has 0 heterocycles. The van der Waals surface area contributed by atoms with Crippen LogP contribution in [-0.2, 0) is 6.42 Å². The summed E-state index contributed by atoms with van der Waals surface area (Å²) in [6, 6.07) is 7.42. The third-order valence-corrected chi connectivity index (χ3v) is 2.48. The highest BCUT2D eigenvalue weighted by atomic mass is 14.9. The van der Waals surface area contributed by atoms with Crippen molar-refractivity contribution in [1.29, 1.82) is 0 Å². The van der Waals surface area contributed by atoms with Gasteiger partial charge in [0.15, 0.2) is 0 Å². The largest absolute Gasteiger partial charge is 0.315 e. The van der Waals surface area contributed by atoms with E-state index in [9.17, 15) is 0 Å². The molecular weight excluding hydrogens is 182 g/mol. The smallest absolute Gasteiger partial charge is 0.00103 e. The van der Waals surface area contributed by atoms with Crippen molar-refractivity contribution in [2.45, 2.75) is 46.6 Å². The first-order valence-electron chi connectivity index (χ1n) is 5.88. The third kappa shape index (κ3) is 4.98. The number of nitrogens with one attached hydrogen (secondary N) is 1. The minimum absolute atomic E-state index is 0.601. The van der Waals surface area contributed by atoms with Gasteiger partial charge in [0, 0.05) is 6.04 Å². The summed E-state index contributed by atoms with van der Waals surface area (Å²) < 4.78 is 0. The van der Waals surface area contributed by atoms with Crippen LogP contribution in [0.25, 0.3) is 0 Å². The first-order valence-corrected chi connectivity index (χ1v) is 5.88. The molecule has 0 aliphatic carbocycles. The van der Waals surface area contributed by atoms with E-state index in [1.807, 2.05) is 0 Å². The zero-order valence-electron chi connectivity index (χ0n) is 10.4. The lowest BCUT2D eigenvalue weighted by Crippen LogP contribution is -2.23. The lowest BCUT2D eigenvalue weighted by Gasteiger charge is -2.08. The Kier molecular flexibility index (Phi) is 4.83. The van der Waals surface area contributed by atoms with E-state index in [0.717, 1.165) is 6.54 Å². The number of rotatable bonds is 5. The molecule has 0 radical (unpaired) electrons. The number of benzene rings is 1. The van der Waals surface area contributed by atoms with Gasteiger partial charge < -0.3 is 5.32 Å². The molecule has 1 N–H and O–H groups in total. The average Bonchev–Trinajstić information content (AvgIpc) is 2.10. The summed E-state index contributed by atoms with van der Waals surface area (Å²) in [6.45, 7) is 9.84. The van der Waals surface area contributed by atoms with E-state index in [1.54, 1.807) is 0 Å². The molecule has 0 saturated carbocycles. The van der Waals surface area contributed by atoms with E-state index in [2.05, 4.69) is 51.2 Å². The van der Waals surface area contributed by atoms with Crippen molar-refractivity contribution >= 4 is 0 Å². The van der Waals surface area contributed by atoms with Crippen LogP contribution >= 0.6 is 0 Å². The molecule has 1 aromatic carbocycles. The maximum absolute atomic E-state index is 3.44. The minimum Gasteiger partial charge on any atom is -0.315 e. The molecule has 0 aromatic heterocycles. The lowest BCUT2D eigenvalue weighted by molar-refractivity contribution is 0.570. The van der Waals surface area contributed by atoms with Crippen molar-refractivity contribution in [3.8, 4) is 0 Å². The van der Waals surface area contributed by atoms with Gasteiger partial charge in [-0.2, -0.15) is 0 Å². The van der Waals surface area contributed by atoms with Gasteiger partial charge in [-0.1, -0.05) is 43.2 Å². The SMILES string of the molecule is Cc1cc(C)cc(CCCNC(C)C)c1. The molecule has 0 bridgehead atoms. The first kappa shape index (κ1) is 12.3. The van der Waals surface area contributed by atoms with Crippen LogP contribution in [0.4, 0.5) is 0 Å². The fraction of sp³-hybridized carbons (Fsp3) is 0.571. The zero-order chi connectivity index (χ0) is 11.3. The monoisotopic (exact) mass is 205 g/mol. The fourth-order valence-corrected chi connectivity index (χ4v) is 1.90. The summed E-state index contributed by atoms with van der Waals surface area (Å²) in [5.41, 5.74) is 4.22. The standard InChI is InChI=1S/C14H23N/c1-11(2)15-7-5-6-14-9-12(3)8-13(4)10-14/h8-11,15H,5-7H2,1-4H3. The van der Waals surface area contributed by atoms with Gasteiger partial charge in [-0.3, -0.25) is 0 Å². The maximum Gasteiger partial charge on any atom is 0.00103 e. The van der Waals surface area contributed by atoms with Gasteiger partial charge in [0.25, 0.3) is 0 Å². The Morgan fingerprint density at radius 3 is 2.20 bits per heavy atom. The molecule has 84 valence electrons. The average molecular weight is 205 g/mol. The Labute approximate surface area is 93.9 Å². The van der Waals surface area contributed by atoms with Gasteiger partial charge in [0.1, 0.15) is 0 Å². The van der Waals surface area contributed by atoms with Gasteiger partial charge in [-0.25, -0.2) is 0 Å². The summed E-state index contributed by atoms with van der Waals surface area (Å²) in [6.07, 6.45) is 2.41. The van der Waals surface area contributed by atoms with Crippen LogP contribution in [-0.4, -0.2) is 12.6 Å². The summed E-state index contributed by atoms with van der Waals surface area (Å²) >= 11 is 0. The van der Waals surface area contributed by atoms with Crippen LogP contribution < -0.4 is 5.32 Å². The van der Waals surface area contributed by atoms with E-state index >= 15 is 0 Å². The second-order valence-corrected chi connectivity index (χ2v) is 4.71. The minimum atomic E-state index is 0.601. The van der Waals surface area contributed by atoms with E-state index < -0.39 is 0 Å². The van der Waals surface area contributed by atoms with Crippen LogP contribution in [0.1, 0.15) is 37.0 Å². The second-order valence-electron chi connectivity index (χ2n) is 4.71. The van der Waals surface area contributed by atoms with Gasteiger partial charge in [0.05, 0.1) is 0 Å². The Balaban J connectivity index is 2.37. The number of aryl methyl sites for hydroxylation is 3. The van der Waals surface area contributed by atoms with E-state index in [4.69, 9.17) is 0 Å². The molecule has 0 amide bonds. The number of hydrogen-bond donors (Lipinski definition) is 1. The maximum atomic E-state index is 3.44. The van der Waals surface area contributed by atoms with Crippen molar-refractivity contribution in [2.24, 2.45) is 0 Å². The molecule has 1 aromatic rings. The summed E-state index contributed by atoms with van der Waals surface area (Å²) in [7, 11) is 0. The zero-order valence-corrected chi connectivity index (χ0v) is 10.4. The number of hydrogen-bond acceptors (Lipinski definition) is 1. The van der Waals surface area contributed by atoms with Crippen LogP contribution in [0.3, 0.4) is 0 Å². The van der Waals surface area contributed by atoms with Crippen LogP contribution in [0.15, 0.2) is 18.2 Å². The Morgan fingerprint density at radius 1 is 1.07 bits per heavy atom. The molecule has 1 rings (SSSR count). The van der Waals surface area contributed by atoms with Crippen molar-refractivity contribution < 1.29 is 0 Å². The summed E-state index contributed by atoms with van der Waals surface area (Å²) in [5, 5.41) is 3.44. The molecule has 0 unspecified atom stereocenters. The van der Waals surface area contributed by atoms with E-state index in [-0.39, 0.29) is 0 Å². The van der Waals surface area contributed by atoms with Crippen LogP contribution in [0, 0.1) is 13.8 Å². The molecule has 0 atom stereocenters. The van der Waals surface area contributed by atoms with Gasteiger partial charge in [0.2, 0.25) is 0 Å². The molecule has 0 aliphatic heterocycles. The van der Waals surface area contributed by atoms with E-state index in [0.29, 0.717) is 6.04 Å². The molecule has 0 fully saturated rings. The Bertz CT molecular complexity index is 282. The Hall–Kier alpha value is -0.820. The van der Waals surface area contributed by atoms with Crippen molar-refractivity contribution in [3.05, 3.63) is 34.9 Å². The second kappa shape index (κ2) is 5.92. The van der Waals surface area contributed by atoms with Crippen LogP contribution in [0.5, 0.6) is 0 Å². The molecule has 1 heteroatoms. The Morgan fingerprint density at radius 2 is 1.67 bits per heavy atom. The highest BCUT2D eigenvalue weighted by molar-refractivity contribution is 5.28. The van der Waals surface area contributed by atoms with Crippen molar-refractivity contribution in [3.63, 3.8) is 0 Å². The first-order chi connectivity index (χ1) is 7.08. The highest BCUT2D eigenvalue weighted by Gasteiger charge is 1.97. The van der Waals surface area contributed by atoms with Crippen LogP contribution in [0.2, 0.25) is 0 Å². The van der Waals surface area contributed by atoms with E-state index in [1.165, 1.54) is 29.5 Å². The quantitative estimate of drug-likeness (QED) is 0.728. The van der Waals surface area contributed by atoms with Crippen molar-refractivity contribution in [2.75, 3.05) is 6.54 Å². The molecule has 1 nitrogen and oxygen atoms in total. The molecule has 0 spiro atoms. The molecular formula is C14H23N. The van der Waals surface area contributed by atoms with Crippen molar-refractivity contribution in [1.82, 2.24) is 5.32 Å². The highest BCUT2D eigenvalue weighted by Crippen LogP contribution is 2.10. The topological polar surface area (TPSA) is 12.0 Å². The van der Waals surface area contributed by atoms with Gasteiger partial charge in [-0.05, 0) is 38.8 Å². The van der Waals surface area contributed by atoms with Gasteiger partial charge in [-0.15, -0.1) is 0 Å². The predicted octanol–water partition coefficient (Wildman–Crippen LogP) is 3.23. The molecule has 0 saturated heterocycles.